The van der Waals surface area contributed by atoms with Gasteiger partial charge in [-0.1, -0.05) is 32.1 Å². The first-order valence-corrected chi connectivity index (χ1v) is 7.13. The van der Waals surface area contributed by atoms with Crippen molar-refractivity contribution < 1.29 is 10.2 Å². The number of hydrogen-bond acceptors (Lipinski definition) is 2. The molecule has 0 spiro atoms. The summed E-state index contributed by atoms with van der Waals surface area (Å²) in [4.78, 5) is 0. The zero-order valence-corrected chi connectivity index (χ0v) is 10.0. The summed E-state index contributed by atoms with van der Waals surface area (Å²) in [6.07, 6.45) is 9.41. The standard InChI is InChI=1S/C14H24O2/c15-12-7-3-6-10-8-11(14(16)13(10)12)9-4-1-2-5-9/h9-16H,1-8H2. The molecule has 0 aromatic rings. The highest BCUT2D eigenvalue weighted by atomic mass is 16.3. The molecular weight excluding hydrogens is 200 g/mol. The molecule has 3 aliphatic rings. The summed E-state index contributed by atoms with van der Waals surface area (Å²) < 4.78 is 0. The van der Waals surface area contributed by atoms with Crippen LogP contribution in [0.2, 0.25) is 0 Å². The van der Waals surface area contributed by atoms with Crippen LogP contribution >= 0.6 is 0 Å². The lowest BCUT2D eigenvalue weighted by Gasteiger charge is -2.32. The van der Waals surface area contributed by atoms with Crippen LogP contribution in [0.15, 0.2) is 0 Å². The van der Waals surface area contributed by atoms with E-state index in [1.165, 1.54) is 38.5 Å². The van der Waals surface area contributed by atoms with Gasteiger partial charge >= 0.3 is 0 Å². The van der Waals surface area contributed by atoms with E-state index in [1.807, 2.05) is 0 Å². The van der Waals surface area contributed by atoms with E-state index < -0.39 is 0 Å². The average Bonchev–Trinajstić information content (AvgIpc) is 2.86. The number of fused-ring (bicyclic) bond motifs is 1. The molecule has 0 amide bonds. The van der Waals surface area contributed by atoms with Gasteiger partial charge in [-0.2, -0.15) is 0 Å². The molecule has 3 fully saturated rings. The minimum atomic E-state index is -0.222. The monoisotopic (exact) mass is 224 g/mol. The summed E-state index contributed by atoms with van der Waals surface area (Å²) >= 11 is 0. The van der Waals surface area contributed by atoms with Gasteiger partial charge in [0, 0.05) is 5.92 Å². The first kappa shape index (κ1) is 11.0. The summed E-state index contributed by atoms with van der Waals surface area (Å²) in [6, 6.07) is 0. The molecule has 0 radical (unpaired) electrons. The van der Waals surface area contributed by atoms with Crippen LogP contribution in [-0.2, 0) is 0 Å². The summed E-state index contributed by atoms with van der Waals surface area (Å²) in [5.41, 5.74) is 0. The van der Waals surface area contributed by atoms with Crippen LogP contribution in [-0.4, -0.2) is 22.4 Å². The van der Waals surface area contributed by atoms with Gasteiger partial charge in [0.2, 0.25) is 0 Å². The summed E-state index contributed by atoms with van der Waals surface area (Å²) in [5.74, 6) is 2.08. The number of rotatable bonds is 1. The highest BCUT2D eigenvalue weighted by Gasteiger charge is 2.49. The van der Waals surface area contributed by atoms with Crippen LogP contribution in [0.4, 0.5) is 0 Å². The fourth-order valence-corrected chi connectivity index (χ4v) is 4.70. The second kappa shape index (κ2) is 4.30. The maximum atomic E-state index is 10.5. The molecule has 0 aliphatic heterocycles. The quantitative estimate of drug-likeness (QED) is 0.717. The van der Waals surface area contributed by atoms with E-state index in [9.17, 15) is 10.2 Å². The van der Waals surface area contributed by atoms with Crippen molar-refractivity contribution in [1.29, 1.82) is 0 Å². The Kier molecular flexibility index (Phi) is 2.97. The molecule has 5 unspecified atom stereocenters. The van der Waals surface area contributed by atoms with Gasteiger partial charge in [0.05, 0.1) is 12.2 Å². The smallest absolute Gasteiger partial charge is 0.0626 e. The predicted octanol–water partition coefficient (Wildman–Crippen LogP) is 2.33. The largest absolute Gasteiger partial charge is 0.393 e. The third-order valence-corrected chi connectivity index (χ3v) is 5.48. The summed E-state index contributed by atoms with van der Waals surface area (Å²) in [7, 11) is 0. The Hall–Kier alpha value is -0.0800. The number of aliphatic hydroxyl groups excluding tert-OH is 2. The first-order chi connectivity index (χ1) is 7.77. The van der Waals surface area contributed by atoms with Gasteiger partial charge in [-0.3, -0.25) is 0 Å². The lowest BCUT2D eigenvalue weighted by atomic mass is 9.79. The molecule has 3 saturated carbocycles. The molecule has 0 heterocycles. The van der Waals surface area contributed by atoms with Crippen molar-refractivity contribution >= 4 is 0 Å². The Labute approximate surface area is 98.1 Å². The van der Waals surface area contributed by atoms with Crippen molar-refractivity contribution in [1.82, 2.24) is 0 Å². The van der Waals surface area contributed by atoms with Crippen LogP contribution in [0.3, 0.4) is 0 Å². The molecule has 92 valence electrons. The van der Waals surface area contributed by atoms with Gasteiger partial charge in [-0.05, 0) is 37.0 Å². The molecule has 3 aliphatic carbocycles. The van der Waals surface area contributed by atoms with Gasteiger partial charge in [-0.25, -0.2) is 0 Å². The van der Waals surface area contributed by atoms with Gasteiger partial charge < -0.3 is 10.2 Å². The average molecular weight is 224 g/mol. The van der Waals surface area contributed by atoms with E-state index in [0.717, 1.165) is 18.8 Å². The topological polar surface area (TPSA) is 40.5 Å². The van der Waals surface area contributed by atoms with Crippen molar-refractivity contribution in [3.8, 4) is 0 Å². The van der Waals surface area contributed by atoms with E-state index in [-0.39, 0.29) is 18.1 Å². The van der Waals surface area contributed by atoms with Gasteiger partial charge in [0.1, 0.15) is 0 Å². The SMILES string of the molecule is OC1CCCC2CC(C3CCCC3)C(O)C12. The lowest BCUT2D eigenvalue weighted by Crippen LogP contribution is -2.37. The van der Waals surface area contributed by atoms with Crippen molar-refractivity contribution in [2.75, 3.05) is 0 Å². The van der Waals surface area contributed by atoms with Gasteiger partial charge in [0.15, 0.2) is 0 Å². The lowest BCUT2D eigenvalue weighted by molar-refractivity contribution is -0.0276. The molecule has 2 nitrogen and oxygen atoms in total. The van der Waals surface area contributed by atoms with E-state index in [2.05, 4.69) is 0 Å². The molecule has 3 rings (SSSR count). The van der Waals surface area contributed by atoms with Crippen molar-refractivity contribution in [3.05, 3.63) is 0 Å². The van der Waals surface area contributed by atoms with E-state index >= 15 is 0 Å². The predicted molar refractivity (Wildman–Crippen MR) is 62.9 cm³/mol. The third-order valence-electron chi connectivity index (χ3n) is 5.48. The third kappa shape index (κ3) is 1.70. The Morgan fingerprint density at radius 1 is 0.750 bits per heavy atom. The van der Waals surface area contributed by atoms with E-state index in [0.29, 0.717) is 11.8 Å². The van der Waals surface area contributed by atoms with E-state index in [4.69, 9.17) is 0 Å². The zero-order valence-electron chi connectivity index (χ0n) is 10.0. The molecule has 16 heavy (non-hydrogen) atoms. The highest BCUT2D eigenvalue weighted by Crippen LogP contribution is 2.50. The Morgan fingerprint density at radius 3 is 2.12 bits per heavy atom. The molecule has 0 bridgehead atoms. The van der Waals surface area contributed by atoms with Gasteiger partial charge in [0.25, 0.3) is 0 Å². The van der Waals surface area contributed by atoms with E-state index in [1.54, 1.807) is 0 Å². The second-order valence-corrected chi connectivity index (χ2v) is 6.27. The molecule has 2 heteroatoms. The zero-order chi connectivity index (χ0) is 11.1. The van der Waals surface area contributed by atoms with Crippen LogP contribution in [0.25, 0.3) is 0 Å². The van der Waals surface area contributed by atoms with Crippen LogP contribution in [0, 0.1) is 23.7 Å². The van der Waals surface area contributed by atoms with Crippen molar-refractivity contribution in [2.24, 2.45) is 23.7 Å². The molecule has 0 aromatic heterocycles. The molecule has 0 aromatic carbocycles. The minimum absolute atomic E-state index is 0.205. The number of aliphatic hydroxyl groups is 2. The minimum Gasteiger partial charge on any atom is -0.393 e. The Bertz CT molecular complexity index is 247. The van der Waals surface area contributed by atoms with Crippen LogP contribution in [0.5, 0.6) is 0 Å². The van der Waals surface area contributed by atoms with Gasteiger partial charge in [-0.15, -0.1) is 0 Å². The van der Waals surface area contributed by atoms with Crippen molar-refractivity contribution in [2.45, 2.75) is 63.6 Å². The highest BCUT2D eigenvalue weighted by molar-refractivity contribution is 4.99. The Morgan fingerprint density at radius 2 is 1.44 bits per heavy atom. The molecular formula is C14H24O2. The van der Waals surface area contributed by atoms with Crippen molar-refractivity contribution in [3.63, 3.8) is 0 Å². The summed E-state index contributed by atoms with van der Waals surface area (Å²) in [5, 5.41) is 20.5. The molecule has 5 atom stereocenters. The molecule has 0 saturated heterocycles. The maximum Gasteiger partial charge on any atom is 0.0626 e. The fourth-order valence-electron chi connectivity index (χ4n) is 4.70. The summed E-state index contributed by atoms with van der Waals surface area (Å²) in [6.45, 7) is 0. The first-order valence-electron chi connectivity index (χ1n) is 7.13. The molecule has 2 N–H and O–H groups in total. The Balaban J connectivity index is 1.73. The fraction of sp³-hybridized carbons (Fsp3) is 1.00. The normalized spacial score (nSPS) is 49.5. The van der Waals surface area contributed by atoms with Crippen LogP contribution < -0.4 is 0 Å². The number of hydrogen-bond donors (Lipinski definition) is 2. The van der Waals surface area contributed by atoms with Crippen LogP contribution in [0.1, 0.15) is 51.4 Å². The maximum absolute atomic E-state index is 10.5. The second-order valence-electron chi connectivity index (χ2n) is 6.27.